The third kappa shape index (κ3) is 4.01. The second-order valence-electron chi connectivity index (χ2n) is 5.15. The molecule has 7 nitrogen and oxygen atoms in total. The molecule has 2 heterocycles. The van der Waals surface area contributed by atoms with Crippen molar-refractivity contribution in [1.82, 2.24) is 25.5 Å². The van der Waals surface area contributed by atoms with Gasteiger partial charge in [0.05, 0.1) is 5.75 Å². The zero-order valence-electron chi connectivity index (χ0n) is 13.4. The number of carbonyl (C=O) groups is 1. The first-order chi connectivity index (χ1) is 11.8. The number of para-hydroxylation sites is 1. The number of hydrogen-bond donors (Lipinski definition) is 2. The summed E-state index contributed by atoms with van der Waals surface area (Å²) >= 11 is 1.27. The lowest BCUT2D eigenvalue weighted by molar-refractivity contribution is -0.118. The van der Waals surface area contributed by atoms with Gasteiger partial charge < -0.3 is 15.0 Å². The topological polar surface area (TPSA) is 92.8 Å². The maximum atomic E-state index is 11.8. The highest BCUT2D eigenvalue weighted by atomic mass is 32.2. The lowest BCUT2D eigenvalue weighted by Gasteiger charge is -2.04. The van der Waals surface area contributed by atoms with Crippen LogP contribution >= 0.6 is 11.8 Å². The van der Waals surface area contributed by atoms with Crippen LogP contribution in [0.3, 0.4) is 0 Å². The fourth-order valence-electron chi connectivity index (χ4n) is 2.29. The van der Waals surface area contributed by atoms with Crippen molar-refractivity contribution in [2.24, 2.45) is 0 Å². The Labute approximate surface area is 143 Å². The Kier molecular flexibility index (Phi) is 5.60. The van der Waals surface area contributed by atoms with Crippen molar-refractivity contribution in [1.29, 1.82) is 0 Å². The number of fused-ring (bicyclic) bond motifs is 3. The number of rotatable bonds is 8. The molecule has 1 aromatic carbocycles. The van der Waals surface area contributed by atoms with Crippen LogP contribution in [0.25, 0.3) is 22.1 Å². The van der Waals surface area contributed by atoms with Crippen molar-refractivity contribution in [2.75, 3.05) is 25.5 Å². The quantitative estimate of drug-likeness (QED) is 0.480. The standard InChI is InChI=1S/C16H19N5O2S/c1-2-23-9-5-8-17-13(22)10-24-16-19-15-14(20-21-16)11-6-3-4-7-12(11)18-15/h3-4,6-7H,2,5,8-10H2,1H3,(H,17,22)(H,18,19,21). The number of hydrogen-bond acceptors (Lipinski definition) is 6. The number of aromatic amines is 1. The highest BCUT2D eigenvalue weighted by Crippen LogP contribution is 2.23. The van der Waals surface area contributed by atoms with Gasteiger partial charge in [-0.25, -0.2) is 4.98 Å². The first kappa shape index (κ1) is 16.7. The van der Waals surface area contributed by atoms with Crippen LogP contribution in [0.2, 0.25) is 0 Å². The van der Waals surface area contributed by atoms with E-state index in [9.17, 15) is 4.79 Å². The molecular formula is C16H19N5O2S. The average Bonchev–Trinajstić information content (AvgIpc) is 2.97. The third-order valence-corrected chi connectivity index (χ3v) is 4.26. The van der Waals surface area contributed by atoms with E-state index in [1.807, 2.05) is 31.2 Å². The van der Waals surface area contributed by atoms with Gasteiger partial charge in [-0.2, -0.15) is 0 Å². The van der Waals surface area contributed by atoms with Gasteiger partial charge >= 0.3 is 0 Å². The molecule has 3 rings (SSSR count). The SMILES string of the molecule is CCOCCCNC(=O)CSc1nnc2c(n1)[nH]c1ccccc12. The Morgan fingerprint density at radius 2 is 2.21 bits per heavy atom. The predicted molar refractivity (Wildman–Crippen MR) is 94.0 cm³/mol. The fraction of sp³-hybridized carbons (Fsp3) is 0.375. The maximum Gasteiger partial charge on any atom is 0.230 e. The first-order valence-corrected chi connectivity index (χ1v) is 8.85. The number of ether oxygens (including phenoxy) is 1. The van der Waals surface area contributed by atoms with Gasteiger partial charge in [-0.1, -0.05) is 30.0 Å². The van der Waals surface area contributed by atoms with Gasteiger partial charge in [-0.3, -0.25) is 4.79 Å². The molecular weight excluding hydrogens is 326 g/mol. The van der Waals surface area contributed by atoms with E-state index in [0.29, 0.717) is 30.6 Å². The minimum Gasteiger partial charge on any atom is -0.382 e. The van der Waals surface area contributed by atoms with Crippen molar-refractivity contribution in [3.8, 4) is 0 Å². The number of nitrogens with one attached hydrogen (secondary N) is 2. The monoisotopic (exact) mass is 345 g/mol. The fourth-order valence-corrected chi connectivity index (χ4v) is 2.91. The molecule has 0 aliphatic rings. The molecule has 0 spiro atoms. The van der Waals surface area contributed by atoms with E-state index in [1.54, 1.807) is 0 Å². The van der Waals surface area contributed by atoms with Gasteiger partial charge in [0.25, 0.3) is 0 Å². The van der Waals surface area contributed by atoms with E-state index in [2.05, 4.69) is 25.5 Å². The Morgan fingerprint density at radius 3 is 3.08 bits per heavy atom. The van der Waals surface area contributed by atoms with Gasteiger partial charge in [0, 0.05) is 30.7 Å². The molecule has 8 heteroatoms. The zero-order chi connectivity index (χ0) is 16.8. The summed E-state index contributed by atoms with van der Waals surface area (Å²) in [5.74, 6) is 0.221. The van der Waals surface area contributed by atoms with Crippen LogP contribution in [-0.2, 0) is 9.53 Å². The molecule has 0 atom stereocenters. The summed E-state index contributed by atoms with van der Waals surface area (Å²) in [6.07, 6.45) is 0.809. The summed E-state index contributed by atoms with van der Waals surface area (Å²) in [4.78, 5) is 19.5. The highest BCUT2D eigenvalue weighted by Gasteiger charge is 2.10. The Bertz CT molecular complexity index is 836. The molecule has 0 radical (unpaired) electrons. The Hall–Kier alpha value is -2.19. The van der Waals surface area contributed by atoms with Crippen molar-refractivity contribution in [2.45, 2.75) is 18.5 Å². The summed E-state index contributed by atoms with van der Waals surface area (Å²) in [6, 6.07) is 7.86. The van der Waals surface area contributed by atoms with E-state index < -0.39 is 0 Å². The van der Waals surface area contributed by atoms with Crippen LogP contribution < -0.4 is 5.32 Å². The lowest BCUT2D eigenvalue weighted by atomic mass is 10.2. The van der Waals surface area contributed by atoms with Crippen LogP contribution in [0.15, 0.2) is 29.4 Å². The molecule has 0 bridgehead atoms. The summed E-state index contributed by atoms with van der Waals surface area (Å²) in [5, 5.41) is 12.7. The molecule has 1 amide bonds. The zero-order valence-corrected chi connectivity index (χ0v) is 14.2. The highest BCUT2D eigenvalue weighted by molar-refractivity contribution is 7.99. The number of carbonyl (C=O) groups excluding carboxylic acids is 1. The van der Waals surface area contributed by atoms with Crippen molar-refractivity contribution in [3.63, 3.8) is 0 Å². The van der Waals surface area contributed by atoms with Crippen molar-refractivity contribution in [3.05, 3.63) is 24.3 Å². The number of amides is 1. The summed E-state index contributed by atoms with van der Waals surface area (Å²) in [6.45, 7) is 3.92. The molecule has 2 aromatic heterocycles. The smallest absolute Gasteiger partial charge is 0.230 e. The minimum absolute atomic E-state index is 0.0446. The van der Waals surface area contributed by atoms with Gasteiger partial charge in [0.15, 0.2) is 5.65 Å². The molecule has 0 aliphatic carbocycles. The molecule has 2 N–H and O–H groups in total. The second-order valence-corrected chi connectivity index (χ2v) is 6.09. The molecule has 0 fully saturated rings. The van der Waals surface area contributed by atoms with Gasteiger partial charge in [0.2, 0.25) is 11.1 Å². The number of aromatic nitrogens is 4. The molecule has 0 unspecified atom stereocenters. The van der Waals surface area contributed by atoms with Gasteiger partial charge in [0.1, 0.15) is 5.52 Å². The van der Waals surface area contributed by atoms with Crippen LogP contribution in [0, 0.1) is 0 Å². The van der Waals surface area contributed by atoms with Gasteiger partial charge in [-0.15, -0.1) is 10.2 Å². The van der Waals surface area contributed by atoms with E-state index in [4.69, 9.17) is 4.74 Å². The van der Waals surface area contributed by atoms with E-state index in [-0.39, 0.29) is 11.7 Å². The van der Waals surface area contributed by atoms with Gasteiger partial charge in [-0.05, 0) is 19.4 Å². The Balaban J connectivity index is 1.55. The number of benzene rings is 1. The summed E-state index contributed by atoms with van der Waals surface area (Å²) in [7, 11) is 0. The molecule has 24 heavy (non-hydrogen) atoms. The third-order valence-electron chi connectivity index (χ3n) is 3.43. The number of H-pyrrole nitrogens is 1. The molecule has 0 saturated carbocycles. The molecule has 0 saturated heterocycles. The lowest BCUT2D eigenvalue weighted by Crippen LogP contribution is -2.27. The van der Waals surface area contributed by atoms with Crippen LogP contribution in [0.4, 0.5) is 0 Å². The van der Waals surface area contributed by atoms with Crippen molar-refractivity contribution < 1.29 is 9.53 Å². The largest absolute Gasteiger partial charge is 0.382 e. The molecule has 0 aliphatic heterocycles. The van der Waals surface area contributed by atoms with Crippen LogP contribution in [-0.4, -0.2) is 51.6 Å². The average molecular weight is 345 g/mol. The number of thioether (sulfide) groups is 1. The Morgan fingerprint density at radius 1 is 1.33 bits per heavy atom. The summed E-state index contributed by atoms with van der Waals surface area (Å²) in [5.41, 5.74) is 2.41. The molecule has 126 valence electrons. The predicted octanol–water partition coefficient (Wildman–Crippen LogP) is 2.14. The maximum absolute atomic E-state index is 11.8. The van der Waals surface area contributed by atoms with E-state index >= 15 is 0 Å². The van der Waals surface area contributed by atoms with Crippen molar-refractivity contribution >= 4 is 39.7 Å². The van der Waals surface area contributed by atoms with E-state index in [0.717, 1.165) is 22.8 Å². The second kappa shape index (κ2) is 8.07. The summed E-state index contributed by atoms with van der Waals surface area (Å²) < 4.78 is 5.22. The van der Waals surface area contributed by atoms with Crippen LogP contribution in [0.1, 0.15) is 13.3 Å². The normalized spacial score (nSPS) is 11.2. The number of nitrogens with zero attached hydrogens (tertiary/aromatic N) is 3. The minimum atomic E-state index is -0.0446. The van der Waals surface area contributed by atoms with Crippen LogP contribution in [0.5, 0.6) is 0 Å². The molecule has 3 aromatic rings. The van der Waals surface area contributed by atoms with E-state index in [1.165, 1.54) is 11.8 Å². The first-order valence-electron chi connectivity index (χ1n) is 7.86.